The van der Waals surface area contributed by atoms with Gasteiger partial charge in [-0.2, -0.15) is 0 Å². The lowest BCUT2D eigenvalue weighted by atomic mass is 10.1. The van der Waals surface area contributed by atoms with Gasteiger partial charge in [0.1, 0.15) is 5.82 Å². The van der Waals surface area contributed by atoms with Crippen molar-refractivity contribution in [2.75, 3.05) is 0 Å². The van der Waals surface area contributed by atoms with Crippen LogP contribution in [0.4, 0.5) is 4.39 Å². The van der Waals surface area contributed by atoms with Gasteiger partial charge in [0.2, 0.25) is 0 Å². The molecule has 0 radical (unpaired) electrons. The van der Waals surface area contributed by atoms with E-state index in [1.807, 2.05) is 0 Å². The van der Waals surface area contributed by atoms with E-state index in [9.17, 15) is 9.50 Å². The molecule has 0 saturated carbocycles. The summed E-state index contributed by atoms with van der Waals surface area (Å²) in [7, 11) is 0. The largest absolute Gasteiger partial charge is 0.388 e. The zero-order chi connectivity index (χ0) is 10.0. The Morgan fingerprint density at radius 3 is 2.62 bits per heavy atom. The minimum absolute atomic E-state index is 0.317. The number of rotatable bonds is 2. The van der Waals surface area contributed by atoms with Crippen LogP contribution in [0.3, 0.4) is 0 Å². The van der Waals surface area contributed by atoms with Crippen LogP contribution in [0, 0.1) is 5.82 Å². The quantitative estimate of drug-likeness (QED) is 0.824. The molecule has 1 N–H and O–H groups in total. The molecule has 0 aromatic heterocycles. The van der Waals surface area contributed by atoms with Crippen LogP contribution in [0.5, 0.6) is 0 Å². The second kappa shape index (κ2) is 4.53. The molecule has 0 saturated heterocycles. The second-order valence-electron chi connectivity index (χ2n) is 2.68. The highest BCUT2D eigenvalue weighted by molar-refractivity contribution is 9.13. The molecule has 4 heteroatoms. The smallest absolute Gasteiger partial charge is 0.130 e. The molecule has 0 bridgehead atoms. The maximum atomic E-state index is 13.3. The molecule has 1 unspecified atom stereocenters. The maximum Gasteiger partial charge on any atom is 0.130 e. The van der Waals surface area contributed by atoms with Crippen molar-refractivity contribution < 1.29 is 9.50 Å². The van der Waals surface area contributed by atoms with E-state index in [1.165, 1.54) is 6.07 Å². The van der Waals surface area contributed by atoms with Crippen molar-refractivity contribution in [3.8, 4) is 0 Å². The van der Waals surface area contributed by atoms with Crippen LogP contribution in [0.1, 0.15) is 25.0 Å². The van der Waals surface area contributed by atoms with E-state index in [0.717, 1.165) is 4.47 Å². The van der Waals surface area contributed by atoms with Crippen LogP contribution in [0.15, 0.2) is 21.1 Å². The number of aliphatic hydroxyl groups is 1. The van der Waals surface area contributed by atoms with Crippen LogP contribution in [0.25, 0.3) is 0 Å². The van der Waals surface area contributed by atoms with E-state index in [1.54, 1.807) is 13.0 Å². The Hall–Kier alpha value is 0.0700. The summed E-state index contributed by atoms with van der Waals surface area (Å²) in [6.45, 7) is 1.80. The first-order valence-corrected chi connectivity index (χ1v) is 5.48. The molecule has 0 aliphatic carbocycles. The fourth-order valence-electron chi connectivity index (χ4n) is 1.05. The van der Waals surface area contributed by atoms with Crippen LogP contribution in [-0.4, -0.2) is 5.11 Å². The third-order valence-corrected chi connectivity index (χ3v) is 3.85. The van der Waals surface area contributed by atoms with Gasteiger partial charge in [0.15, 0.2) is 0 Å². The summed E-state index contributed by atoms with van der Waals surface area (Å²) in [5, 5.41) is 9.52. The summed E-state index contributed by atoms with van der Waals surface area (Å²) in [4.78, 5) is 0. The highest BCUT2D eigenvalue weighted by atomic mass is 79.9. The first kappa shape index (κ1) is 11.1. The standard InChI is InChI=1S/C9H9Br2FO/c1-2-7(13)8-6(12)4-3-5(10)9(8)11/h3-4,7,13H,2H2,1H3. The Morgan fingerprint density at radius 1 is 1.46 bits per heavy atom. The summed E-state index contributed by atoms with van der Waals surface area (Å²) in [6.07, 6.45) is -0.265. The van der Waals surface area contributed by atoms with Gasteiger partial charge in [-0.15, -0.1) is 0 Å². The average Bonchev–Trinajstić information content (AvgIpc) is 2.12. The van der Waals surface area contributed by atoms with Crippen molar-refractivity contribution in [2.45, 2.75) is 19.4 Å². The number of halogens is 3. The number of hydrogen-bond donors (Lipinski definition) is 1. The van der Waals surface area contributed by atoms with Gasteiger partial charge in [-0.25, -0.2) is 4.39 Å². The molecule has 72 valence electrons. The van der Waals surface area contributed by atoms with Crippen LogP contribution in [-0.2, 0) is 0 Å². The van der Waals surface area contributed by atoms with Crippen molar-refractivity contribution in [1.29, 1.82) is 0 Å². The molecular weight excluding hydrogens is 303 g/mol. The van der Waals surface area contributed by atoms with Crippen LogP contribution < -0.4 is 0 Å². The molecule has 0 amide bonds. The summed E-state index contributed by atoms with van der Waals surface area (Å²) < 4.78 is 14.6. The van der Waals surface area contributed by atoms with E-state index >= 15 is 0 Å². The SMILES string of the molecule is CCC(O)c1c(F)ccc(Br)c1Br. The second-order valence-corrected chi connectivity index (χ2v) is 4.33. The molecule has 0 fully saturated rings. The molecule has 0 aliphatic heterocycles. The van der Waals surface area contributed by atoms with Gasteiger partial charge < -0.3 is 5.11 Å². The zero-order valence-corrected chi connectivity index (χ0v) is 10.2. The number of aliphatic hydroxyl groups excluding tert-OH is 1. The highest BCUT2D eigenvalue weighted by Gasteiger charge is 2.16. The Bertz CT molecular complexity index is 315. The minimum atomic E-state index is -0.758. The summed E-state index contributed by atoms with van der Waals surface area (Å²) in [5.41, 5.74) is 0.317. The molecule has 1 rings (SSSR count). The fourth-order valence-corrected chi connectivity index (χ4v) is 1.98. The van der Waals surface area contributed by atoms with Gasteiger partial charge in [0.25, 0.3) is 0 Å². The first-order valence-electron chi connectivity index (χ1n) is 3.89. The summed E-state index contributed by atoms with van der Waals surface area (Å²) in [5.74, 6) is -0.385. The Labute approximate surface area is 93.2 Å². The summed E-state index contributed by atoms with van der Waals surface area (Å²) in [6, 6.07) is 2.94. The van der Waals surface area contributed by atoms with Gasteiger partial charge in [0, 0.05) is 14.5 Å². The van der Waals surface area contributed by atoms with Crippen molar-refractivity contribution in [1.82, 2.24) is 0 Å². The van der Waals surface area contributed by atoms with E-state index in [2.05, 4.69) is 31.9 Å². The third-order valence-electron chi connectivity index (χ3n) is 1.80. The number of benzene rings is 1. The normalized spacial score (nSPS) is 13.0. The average molecular weight is 312 g/mol. The van der Waals surface area contributed by atoms with Crippen LogP contribution in [0.2, 0.25) is 0 Å². The monoisotopic (exact) mass is 310 g/mol. The van der Waals surface area contributed by atoms with Crippen molar-refractivity contribution in [2.24, 2.45) is 0 Å². The Balaban J connectivity index is 3.25. The lowest BCUT2D eigenvalue weighted by Gasteiger charge is -2.12. The van der Waals surface area contributed by atoms with Crippen molar-refractivity contribution >= 4 is 31.9 Å². The van der Waals surface area contributed by atoms with E-state index in [0.29, 0.717) is 16.5 Å². The van der Waals surface area contributed by atoms with Gasteiger partial charge in [0.05, 0.1) is 6.10 Å². The van der Waals surface area contributed by atoms with Gasteiger partial charge in [-0.05, 0) is 50.4 Å². The molecule has 1 aromatic carbocycles. The first-order chi connectivity index (χ1) is 6.07. The Kier molecular flexibility index (Phi) is 3.88. The predicted molar refractivity (Wildman–Crippen MR) is 57.1 cm³/mol. The van der Waals surface area contributed by atoms with Gasteiger partial charge in [-0.1, -0.05) is 6.92 Å². The fraction of sp³-hybridized carbons (Fsp3) is 0.333. The number of hydrogen-bond acceptors (Lipinski definition) is 1. The topological polar surface area (TPSA) is 20.2 Å². The van der Waals surface area contributed by atoms with Crippen LogP contribution >= 0.6 is 31.9 Å². The zero-order valence-electron chi connectivity index (χ0n) is 7.02. The molecule has 0 heterocycles. The molecule has 1 aromatic rings. The molecule has 1 nitrogen and oxygen atoms in total. The minimum Gasteiger partial charge on any atom is -0.388 e. The van der Waals surface area contributed by atoms with E-state index in [-0.39, 0.29) is 5.82 Å². The molecule has 13 heavy (non-hydrogen) atoms. The van der Waals surface area contributed by atoms with Crippen molar-refractivity contribution in [3.63, 3.8) is 0 Å². The molecule has 0 aliphatic rings. The van der Waals surface area contributed by atoms with E-state index < -0.39 is 6.10 Å². The van der Waals surface area contributed by atoms with Crippen molar-refractivity contribution in [3.05, 3.63) is 32.5 Å². The Morgan fingerprint density at radius 2 is 2.08 bits per heavy atom. The maximum absolute atomic E-state index is 13.3. The van der Waals surface area contributed by atoms with E-state index in [4.69, 9.17) is 0 Å². The van der Waals surface area contributed by atoms with Gasteiger partial charge in [-0.3, -0.25) is 0 Å². The predicted octanol–water partition coefficient (Wildman–Crippen LogP) is 3.79. The van der Waals surface area contributed by atoms with Gasteiger partial charge >= 0.3 is 0 Å². The molecule has 0 spiro atoms. The molecular formula is C9H9Br2FO. The molecule has 1 atom stereocenters. The summed E-state index contributed by atoms with van der Waals surface area (Å²) >= 11 is 6.48. The lowest BCUT2D eigenvalue weighted by Crippen LogP contribution is -2.00. The third kappa shape index (κ3) is 2.30. The lowest BCUT2D eigenvalue weighted by molar-refractivity contribution is 0.168. The highest BCUT2D eigenvalue weighted by Crippen LogP contribution is 2.33.